The van der Waals surface area contributed by atoms with Crippen molar-refractivity contribution in [3.63, 3.8) is 0 Å². The van der Waals surface area contributed by atoms with E-state index < -0.39 is 0 Å². The minimum absolute atomic E-state index is 0.110. The summed E-state index contributed by atoms with van der Waals surface area (Å²) in [5, 5.41) is 0. The molecule has 0 aliphatic heterocycles. The highest BCUT2D eigenvalue weighted by atomic mass is 16.5. The Labute approximate surface area is 132 Å². The normalized spacial score (nSPS) is 9.82. The summed E-state index contributed by atoms with van der Waals surface area (Å²) in [7, 11) is 0. The first-order valence-electron chi connectivity index (χ1n) is 7.56. The molecule has 0 spiro atoms. The van der Waals surface area contributed by atoms with Crippen LogP contribution in [0.1, 0.15) is 35.2 Å². The quantitative estimate of drug-likeness (QED) is 0.330. The minimum atomic E-state index is -0.110. The van der Waals surface area contributed by atoms with E-state index in [-0.39, 0.29) is 5.78 Å². The average Bonchev–Trinajstić information content (AvgIpc) is 2.59. The van der Waals surface area contributed by atoms with Gasteiger partial charge in [0.05, 0.1) is 6.61 Å². The maximum atomic E-state index is 11.7. The molecule has 0 aliphatic rings. The largest absolute Gasteiger partial charge is 0.377 e. The second kappa shape index (κ2) is 9.55. The lowest BCUT2D eigenvalue weighted by molar-refractivity contribution is 0.105. The van der Waals surface area contributed by atoms with Crippen LogP contribution in [0.2, 0.25) is 0 Å². The predicted octanol–water partition coefficient (Wildman–Crippen LogP) is 4.26. The number of carbonyl (C=O) groups excluding carboxylic acids is 1. The van der Waals surface area contributed by atoms with Crippen molar-refractivity contribution in [3.8, 4) is 11.8 Å². The van der Waals surface area contributed by atoms with Crippen molar-refractivity contribution in [2.45, 2.75) is 25.9 Å². The number of ketones is 1. The van der Waals surface area contributed by atoms with Crippen LogP contribution < -0.4 is 0 Å². The molecule has 0 N–H and O–H groups in total. The number of benzene rings is 2. The van der Waals surface area contributed by atoms with Gasteiger partial charge in [0.1, 0.15) is 0 Å². The summed E-state index contributed by atoms with van der Waals surface area (Å²) in [6.45, 7) is 1.38. The summed E-state index contributed by atoms with van der Waals surface area (Å²) >= 11 is 0. The first kappa shape index (κ1) is 16.0. The first-order chi connectivity index (χ1) is 10.9. The Morgan fingerprint density at radius 2 is 1.59 bits per heavy atom. The SMILES string of the molecule is O=C(C#CCCCCOCc1ccccc1)c1ccccc1. The Hall–Kier alpha value is -2.37. The molecule has 0 aromatic heterocycles. The molecule has 0 unspecified atom stereocenters. The molecule has 2 rings (SSSR count). The van der Waals surface area contributed by atoms with Gasteiger partial charge in [-0.25, -0.2) is 0 Å². The van der Waals surface area contributed by atoms with E-state index in [0.29, 0.717) is 12.2 Å². The van der Waals surface area contributed by atoms with Crippen molar-refractivity contribution in [1.82, 2.24) is 0 Å². The van der Waals surface area contributed by atoms with E-state index in [9.17, 15) is 4.79 Å². The molecule has 0 saturated carbocycles. The molecule has 0 fully saturated rings. The van der Waals surface area contributed by atoms with Crippen molar-refractivity contribution >= 4 is 5.78 Å². The molecule has 0 amide bonds. The van der Waals surface area contributed by atoms with Crippen LogP contribution in [0.4, 0.5) is 0 Å². The van der Waals surface area contributed by atoms with Gasteiger partial charge in [-0.1, -0.05) is 66.6 Å². The van der Waals surface area contributed by atoms with Crippen LogP contribution in [-0.2, 0) is 11.3 Å². The van der Waals surface area contributed by atoms with E-state index >= 15 is 0 Å². The Bertz CT molecular complexity index is 621. The van der Waals surface area contributed by atoms with Crippen molar-refractivity contribution in [2.75, 3.05) is 6.61 Å². The summed E-state index contributed by atoms with van der Waals surface area (Å²) in [4.78, 5) is 11.7. The minimum Gasteiger partial charge on any atom is -0.377 e. The molecule has 0 heterocycles. The molecule has 0 bridgehead atoms. The van der Waals surface area contributed by atoms with Crippen LogP contribution in [0.15, 0.2) is 60.7 Å². The van der Waals surface area contributed by atoms with Crippen molar-refractivity contribution in [3.05, 3.63) is 71.8 Å². The number of ether oxygens (including phenoxy) is 1. The Kier molecular flexibility index (Phi) is 6.95. The van der Waals surface area contributed by atoms with Crippen LogP contribution in [0, 0.1) is 11.8 Å². The van der Waals surface area contributed by atoms with Gasteiger partial charge in [0.2, 0.25) is 5.78 Å². The fourth-order valence-electron chi connectivity index (χ4n) is 1.99. The summed E-state index contributed by atoms with van der Waals surface area (Å²) in [6.07, 6.45) is 2.64. The lowest BCUT2D eigenvalue weighted by atomic mass is 10.1. The van der Waals surface area contributed by atoms with Crippen molar-refractivity contribution < 1.29 is 9.53 Å². The average molecular weight is 292 g/mol. The molecule has 22 heavy (non-hydrogen) atoms. The third-order valence-corrected chi connectivity index (χ3v) is 3.19. The molecule has 0 atom stereocenters. The molecular formula is C20H20O2. The Morgan fingerprint density at radius 1 is 0.909 bits per heavy atom. The van der Waals surface area contributed by atoms with Gasteiger partial charge in [0.15, 0.2) is 0 Å². The fourth-order valence-corrected chi connectivity index (χ4v) is 1.99. The Morgan fingerprint density at radius 3 is 2.32 bits per heavy atom. The maximum Gasteiger partial charge on any atom is 0.235 e. The molecule has 0 radical (unpaired) electrons. The van der Waals surface area contributed by atoms with E-state index in [1.807, 2.05) is 36.4 Å². The van der Waals surface area contributed by atoms with E-state index in [2.05, 4.69) is 24.0 Å². The van der Waals surface area contributed by atoms with E-state index in [4.69, 9.17) is 4.74 Å². The number of Topliss-reactive ketones (excluding diaryl/α,β-unsaturated/α-hetero) is 1. The van der Waals surface area contributed by atoms with E-state index in [1.54, 1.807) is 12.1 Å². The van der Waals surface area contributed by atoms with Gasteiger partial charge < -0.3 is 4.74 Å². The molecule has 2 aromatic rings. The molecule has 0 aliphatic carbocycles. The van der Waals surface area contributed by atoms with Crippen LogP contribution in [0.5, 0.6) is 0 Å². The third kappa shape index (κ3) is 5.95. The lowest BCUT2D eigenvalue weighted by Crippen LogP contribution is -1.95. The lowest BCUT2D eigenvalue weighted by Gasteiger charge is -2.03. The number of carbonyl (C=O) groups is 1. The topological polar surface area (TPSA) is 26.3 Å². The van der Waals surface area contributed by atoms with Crippen LogP contribution in [0.25, 0.3) is 0 Å². The van der Waals surface area contributed by atoms with Crippen LogP contribution in [0.3, 0.4) is 0 Å². The molecule has 2 aromatic carbocycles. The van der Waals surface area contributed by atoms with E-state index in [1.165, 1.54) is 5.56 Å². The predicted molar refractivity (Wildman–Crippen MR) is 88.5 cm³/mol. The molecule has 2 heteroatoms. The monoisotopic (exact) mass is 292 g/mol. The summed E-state index contributed by atoms with van der Waals surface area (Å²) in [5.74, 6) is 5.51. The molecule has 2 nitrogen and oxygen atoms in total. The molecule has 0 saturated heterocycles. The summed E-state index contributed by atoms with van der Waals surface area (Å²) in [5.41, 5.74) is 1.84. The number of unbranched alkanes of at least 4 members (excludes halogenated alkanes) is 2. The highest BCUT2D eigenvalue weighted by molar-refractivity contribution is 6.08. The van der Waals surface area contributed by atoms with Gasteiger partial charge in [-0.3, -0.25) is 4.79 Å². The van der Waals surface area contributed by atoms with Gasteiger partial charge in [-0.2, -0.15) is 0 Å². The first-order valence-corrected chi connectivity index (χ1v) is 7.56. The number of hydrogen-bond acceptors (Lipinski definition) is 2. The third-order valence-electron chi connectivity index (χ3n) is 3.19. The zero-order chi connectivity index (χ0) is 15.5. The molecule has 112 valence electrons. The van der Waals surface area contributed by atoms with Gasteiger partial charge in [0, 0.05) is 18.6 Å². The van der Waals surface area contributed by atoms with Crippen LogP contribution >= 0.6 is 0 Å². The van der Waals surface area contributed by atoms with Gasteiger partial charge in [0.25, 0.3) is 0 Å². The Balaban J connectivity index is 1.56. The van der Waals surface area contributed by atoms with Crippen molar-refractivity contribution in [2.24, 2.45) is 0 Å². The number of rotatable bonds is 7. The second-order valence-electron chi connectivity index (χ2n) is 4.99. The van der Waals surface area contributed by atoms with Gasteiger partial charge >= 0.3 is 0 Å². The number of hydrogen-bond donors (Lipinski definition) is 0. The van der Waals surface area contributed by atoms with Crippen LogP contribution in [-0.4, -0.2) is 12.4 Å². The summed E-state index contributed by atoms with van der Waals surface area (Å²) in [6, 6.07) is 19.3. The van der Waals surface area contributed by atoms with E-state index in [0.717, 1.165) is 25.9 Å². The smallest absolute Gasteiger partial charge is 0.235 e. The van der Waals surface area contributed by atoms with Gasteiger partial charge in [-0.05, 0) is 24.3 Å². The standard InChI is InChI=1S/C20H20O2/c21-20(19-13-7-4-8-14-19)15-9-1-2-10-16-22-17-18-11-5-3-6-12-18/h3-8,11-14H,1-2,10,16-17H2. The summed E-state index contributed by atoms with van der Waals surface area (Å²) < 4.78 is 5.60. The zero-order valence-corrected chi connectivity index (χ0v) is 12.6. The highest BCUT2D eigenvalue weighted by Crippen LogP contribution is 2.03. The highest BCUT2D eigenvalue weighted by Gasteiger charge is 1.98. The molecular weight excluding hydrogens is 272 g/mol. The zero-order valence-electron chi connectivity index (χ0n) is 12.6. The fraction of sp³-hybridized carbons (Fsp3) is 0.250. The second-order valence-corrected chi connectivity index (χ2v) is 4.99. The maximum absolute atomic E-state index is 11.7. The van der Waals surface area contributed by atoms with Crippen molar-refractivity contribution in [1.29, 1.82) is 0 Å². The van der Waals surface area contributed by atoms with Gasteiger partial charge in [-0.15, -0.1) is 0 Å².